The predicted molar refractivity (Wildman–Crippen MR) is 54.1 cm³/mol. The van der Waals surface area contributed by atoms with E-state index in [0.717, 1.165) is 0 Å². The minimum atomic E-state index is -1.16. The number of aliphatic carboxylic acids is 1. The van der Waals surface area contributed by atoms with Crippen LogP contribution in [-0.2, 0) is 14.3 Å². The number of terminal acetylenes is 1. The number of nitrogens with one attached hydrogen (secondary N) is 1. The highest BCUT2D eigenvalue weighted by Crippen LogP contribution is 2.08. The highest BCUT2D eigenvalue weighted by molar-refractivity contribution is 5.88. The lowest BCUT2D eigenvalue weighted by molar-refractivity contribution is -0.147. The lowest BCUT2D eigenvalue weighted by Gasteiger charge is -2.23. The fourth-order valence-corrected chi connectivity index (χ4v) is 0.743. The highest BCUT2D eigenvalue weighted by atomic mass is 16.5. The molecule has 0 aromatic rings. The van der Waals surface area contributed by atoms with Gasteiger partial charge in [0.25, 0.3) is 5.91 Å². The molecule has 84 valence electrons. The molecule has 0 saturated carbocycles. The van der Waals surface area contributed by atoms with E-state index in [-0.39, 0.29) is 6.42 Å². The Kier molecular flexibility index (Phi) is 4.82. The number of amides is 1. The first kappa shape index (κ1) is 13.5. The van der Waals surface area contributed by atoms with Crippen molar-refractivity contribution in [2.75, 3.05) is 7.11 Å². The summed E-state index contributed by atoms with van der Waals surface area (Å²) in [6, 6.07) is -1.07. The SMILES string of the molecule is C#CCC(NC(=O)C(C)(C)OC)C(=O)O. The van der Waals surface area contributed by atoms with Gasteiger partial charge in [0.1, 0.15) is 11.6 Å². The highest BCUT2D eigenvalue weighted by Gasteiger charge is 2.30. The largest absolute Gasteiger partial charge is 0.480 e. The van der Waals surface area contributed by atoms with Crippen LogP contribution < -0.4 is 5.32 Å². The maximum Gasteiger partial charge on any atom is 0.327 e. The fraction of sp³-hybridized carbons (Fsp3) is 0.600. The van der Waals surface area contributed by atoms with Crippen molar-refractivity contribution in [2.24, 2.45) is 0 Å². The van der Waals surface area contributed by atoms with Crippen LogP contribution in [0.3, 0.4) is 0 Å². The average molecular weight is 213 g/mol. The van der Waals surface area contributed by atoms with E-state index in [4.69, 9.17) is 16.3 Å². The van der Waals surface area contributed by atoms with E-state index in [1.54, 1.807) is 0 Å². The van der Waals surface area contributed by atoms with Crippen LogP contribution in [0.2, 0.25) is 0 Å². The number of hydrogen-bond donors (Lipinski definition) is 2. The van der Waals surface area contributed by atoms with Crippen LogP contribution in [-0.4, -0.2) is 35.7 Å². The van der Waals surface area contributed by atoms with Crippen LogP contribution in [0.5, 0.6) is 0 Å². The van der Waals surface area contributed by atoms with Crippen molar-refractivity contribution in [3.8, 4) is 12.3 Å². The van der Waals surface area contributed by atoms with E-state index in [2.05, 4.69) is 11.2 Å². The van der Waals surface area contributed by atoms with Gasteiger partial charge in [-0.3, -0.25) is 4.79 Å². The molecule has 1 atom stereocenters. The van der Waals surface area contributed by atoms with Gasteiger partial charge in [0.2, 0.25) is 0 Å². The van der Waals surface area contributed by atoms with Gasteiger partial charge in [0.15, 0.2) is 0 Å². The molecule has 0 aliphatic heterocycles. The molecule has 0 radical (unpaired) electrons. The summed E-state index contributed by atoms with van der Waals surface area (Å²) in [5, 5.41) is 11.0. The number of carboxylic acids is 1. The standard InChI is InChI=1S/C10H15NO4/c1-5-6-7(8(12)13)11-9(14)10(2,3)15-4/h1,7H,6H2,2-4H3,(H,11,14)(H,12,13). The van der Waals surface area contributed by atoms with Crippen molar-refractivity contribution in [3.05, 3.63) is 0 Å². The Morgan fingerprint density at radius 2 is 2.13 bits per heavy atom. The zero-order valence-corrected chi connectivity index (χ0v) is 9.03. The molecule has 0 spiro atoms. The van der Waals surface area contributed by atoms with Gasteiger partial charge in [0, 0.05) is 13.5 Å². The van der Waals surface area contributed by atoms with Crippen LogP contribution in [0.25, 0.3) is 0 Å². The summed E-state index contributed by atoms with van der Waals surface area (Å²) in [6.07, 6.45) is 4.93. The van der Waals surface area contributed by atoms with E-state index in [1.807, 2.05) is 0 Å². The molecule has 2 N–H and O–H groups in total. The number of ether oxygens (including phenoxy) is 1. The molecule has 15 heavy (non-hydrogen) atoms. The van der Waals surface area contributed by atoms with E-state index in [1.165, 1.54) is 21.0 Å². The molecule has 5 heteroatoms. The summed E-state index contributed by atoms with van der Waals surface area (Å²) in [6.45, 7) is 3.08. The van der Waals surface area contributed by atoms with Crippen molar-refractivity contribution in [3.63, 3.8) is 0 Å². The van der Waals surface area contributed by atoms with E-state index >= 15 is 0 Å². The Balaban J connectivity index is 4.50. The molecule has 0 rings (SSSR count). The molecule has 0 aromatic heterocycles. The third kappa shape index (κ3) is 4.00. The summed E-state index contributed by atoms with van der Waals surface area (Å²) >= 11 is 0. The molecule has 0 heterocycles. The summed E-state index contributed by atoms with van der Waals surface area (Å²) < 4.78 is 4.90. The Labute approximate surface area is 88.8 Å². The van der Waals surface area contributed by atoms with Gasteiger partial charge in [0.05, 0.1) is 0 Å². The number of carbonyl (C=O) groups excluding carboxylic acids is 1. The van der Waals surface area contributed by atoms with E-state index in [9.17, 15) is 9.59 Å². The van der Waals surface area contributed by atoms with Crippen LogP contribution in [0.1, 0.15) is 20.3 Å². The Morgan fingerprint density at radius 1 is 1.60 bits per heavy atom. The summed E-state index contributed by atoms with van der Waals surface area (Å²) in [5.41, 5.74) is -1.07. The predicted octanol–water partition coefficient (Wildman–Crippen LogP) is 0.00410. The normalized spacial score (nSPS) is 12.7. The van der Waals surface area contributed by atoms with Crippen LogP contribution in [0, 0.1) is 12.3 Å². The second-order valence-corrected chi connectivity index (χ2v) is 3.49. The molecule has 0 fully saturated rings. The van der Waals surface area contributed by atoms with Gasteiger partial charge in [-0.1, -0.05) is 0 Å². The van der Waals surface area contributed by atoms with Gasteiger partial charge in [-0.2, -0.15) is 0 Å². The third-order valence-electron chi connectivity index (χ3n) is 1.98. The van der Waals surface area contributed by atoms with Crippen molar-refractivity contribution in [2.45, 2.75) is 31.9 Å². The second-order valence-electron chi connectivity index (χ2n) is 3.49. The molecule has 0 saturated heterocycles. The molecule has 0 aromatic carbocycles. The average Bonchev–Trinajstić information content (AvgIpc) is 2.16. The number of methoxy groups -OCH3 is 1. The lowest BCUT2D eigenvalue weighted by atomic mass is 10.1. The molecular weight excluding hydrogens is 198 g/mol. The van der Waals surface area contributed by atoms with Crippen molar-refractivity contribution in [1.29, 1.82) is 0 Å². The van der Waals surface area contributed by atoms with Crippen molar-refractivity contribution >= 4 is 11.9 Å². The Bertz CT molecular complexity index is 290. The van der Waals surface area contributed by atoms with Gasteiger partial charge < -0.3 is 15.2 Å². The molecule has 0 bridgehead atoms. The molecule has 0 aliphatic carbocycles. The van der Waals surface area contributed by atoms with Crippen molar-refractivity contribution in [1.82, 2.24) is 5.32 Å². The quantitative estimate of drug-likeness (QED) is 0.630. The second kappa shape index (κ2) is 5.37. The monoisotopic (exact) mass is 213 g/mol. The van der Waals surface area contributed by atoms with Crippen LogP contribution >= 0.6 is 0 Å². The van der Waals surface area contributed by atoms with Gasteiger partial charge in [-0.15, -0.1) is 12.3 Å². The minimum absolute atomic E-state index is 0.0547. The smallest absolute Gasteiger partial charge is 0.327 e. The first-order valence-electron chi connectivity index (χ1n) is 4.37. The first-order valence-corrected chi connectivity index (χ1v) is 4.37. The van der Waals surface area contributed by atoms with Crippen LogP contribution in [0.4, 0.5) is 0 Å². The molecule has 0 aliphatic rings. The maximum absolute atomic E-state index is 11.5. The number of hydrogen-bond acceptors (Lipinski definition) is 3. The lowest BCUT2D eigenvalue weighted by Crippen LogP contribution is -2.50. The Hall–Kier alpha value is -1.54. The van der Waals surface area contributed by atoms with E-state index in [0.29, 0.717) is 0 Å². The topological polar surface area (TPSA) is 75.6 Å². The first-order chi connectivity index (χ1) is 6.85. The number of carboxylic acid groups (broad SMARTS) is 1. The number of rotatable bonds is 5. The van der Waals surface area contributed by atoms with Gasteiger partial charge in [-0.25, -0.2) is 4.79 Å². The zero-order chi connectivity index (χ0) is 12.1. The molecular formula is C10H15NO4. The maximum atomic E-state index is 11.5. The summed E-state index contributed by atoms with van der Waals surface area (Å²) in [5.74, 6) is 0.522. The molecule has 1 unspecified atom stereocenters. The summed E-state index contributed by atoms with van der Waals surface area (Å²) in [4.78, 5) is 22.2. The third-order valence-corrected chi connectivity index (χ3v) is 1.98. The summed E-state index contributed by atoms with van der Waals surface area (Å²) in [7, 11) is 1.37. The fourth-order valence-electron chi connectivity index (χ4n) is 0.743. The van der Waals surface area contributed by atoms with E-state index < -0.39 is 23.5 Å². The van der Waals surface area contributed by atoms with Gasteiger partial charge >= 0.3 is 5.97 Å². The minimum Gasteiger partial charge on any atom is -0.480 e. The molecule has 1 amide bonds. The zero-order valence-electron chi connectivity index (χ0n) is 9.03. The molecule has 5 nitrogen and oxygen atoms in total. The Morgan fingerprint density at radius 3 is 2.47 bits per heavy atom. The number of carbonyl (C=O) groups is 2. The van der Waals surface area contributed by atoms with Crippen LogP contribution in [0.15, 0.2) is 0 Å². The van der Waals surface area contributed by atoms with Gasteiger partial charge in [-0.05, 0) is 13.8 Å². The van der Waals surface area contributed by atoms with Crippen molar-refractivity contribution < 1.29 is 19.4 Å².